The fourth-order valence-electron chi connectivity index (χ4n) is 1.69. The van der Waals surface area contributed by atoms with Crippen molar-refractivity contribution in [2.24, 2.45) is 0 Å². The van der Waals surface area contributed by atoms with E-state index in [-0.39, 0.29) is 16.8 Å². The molecule has 2 rings (SSSR count). The molecule has 0 atom stereocenters. The van der Waals surface area contributed by atoms with Gasteiger partial charge in [-0.15, -0.1) is 0 Å². The first-order valence-corrected chi connectivity index (χ1v) is 5.71. The lowest BCUT2D eigenvalue weighted by Crippen LogP contribution is -2.40. The zero-order chi connectivity index (χ0) is 15.6. The number of nitro groups is 1. The first-order chi connectivity index (χ1) is 9.92. The molecule has 10 heteroatoms. The molecular formula is C11H10N4O6. The Morgan fingerprint density at radius 2 is 2.14 bits per heavy atom. The highest BCUT2D eigenvalue weighted by molar-refractivity contribution is 5.94. The smallest absolute Gasteiger partial charge is 0.408 e. The van der Waals surface area contributed by atoms with Crippen molar-refractivity contribution in [3.8, 4) is 0 Å². The number of rotatable bonds is 3. The second kappa shape index (κ2) is 5.45. The standard InChI is InChI=1S/C11H10N4O6/c1-12-10(17)13-9(16)5-14-7-4-6(15(19)20)2-3-8(7)21-11(14)18/h2-4H,5H2,1H3,(H2,12,13,16,17). The third-order valence-corrected chi connectivity index (χ3v) is 2.64. The molecule has 10 nitrogen and oxygen atoms in total. The first kappa shape index (κ1) is 14.2. The number of urea groups is 1. The van der Waals surface area contributed by atoms with Crippen LogP contribution < -0.4 is 16.4 Å². The number of amides is 3. The van der Waals surface area contributed by atoms with E-state index in [0.717, 1.165) is 10.6 Å². The molecule has 110 valence electrons. The Morgan fingerprint density at radius 3 is 2.76 bits per heavy atom. The molecule has 0 unspecified atom stereocenters. The van der Waals surface area contributed by atoms with Crippen LogP contribution in [0.4, 0.5) is 10.5 Å². The topological polar surface area (TPSA) is 136 Å². The van der Waals surface area contributed by atoms with Crippen LogP contribution in [0, 0.1) is 10.1 Å². The van der Waals surface area contributed by atoms with Gasteiger partial charge in [-0.05, 0) is 6.07 Å². The van der Waals surface area contributed by atoms with Gasteiger partial charge >= 0.3 is 11.8 Å². The van der Waals surface area contributed by atoms with Crippen LogP contribution in [-0.2, 0) is 11.3 Å². The number of carbonyl (C=O) groups is 2. The van der Waals surface area contributed by atoms with Gasteiger partial charge < -0.3 is 9.73 Å². The maximum absolute atomic E-state index is 11.7. The van der Waals surface area contributed by atoms with Crippen LogP contribution in [-0.4, -0.2) is 28.5 Å². The summed E-state index contributed by atoms with van der Waals surface area (Å²) < 4.78 is 5.77. The molecule has 0 aliphatic carbocycles. The summed E-state index contributed by atoms with van der Waals surface area (Å²) in [5, 5.41) is 14.9. The summed E-state index contributed by atoms with van der Waals surface area (Å²) in [7, 11) is 1.32. The molecule has 0 aliphatic heterocycles. The van der Waals surface area contributed by atoms with Crippen molar-refractivity contribution >= 4 is 28.7 Å². The number of nitrogens with zero attached hydrogens (tertiary/aromatic N) is 2. The van der Waals surface area contributed by atoms with Crippen LogP contribution in [0.3, 0.4) is 0 Å². The molecule has 1 heterocycles. The number of carbonyl (C=O) groups excluding carboxylic acids is 2. The molecule has 0 spiro atoms. The second-order valence-corrected chi connectivity index (χ2v) is 3.99. The molecule has 0 aliphatic rings. The van der Waals surface area contributed by atoms with E-state index in [1.807, 2.05) is 5.32 Å². The van der Waals surface area contributed by atoms with E-state index in [1.54, 1.807) is 0 Å². The fourth-order valence-corrected chi connectivity index (χ4v) is 1.69. The monoisotopic (exact) mass is 294 g/mol. The molecule has 1 aromatic carbocycles. The normalized spacial score (nSPS) is 10.3. The maximum Gasteiger partial charge on any atom is 0.420 e. The minimum atomic E-state index is -0.849. The van der Waals surface area contributed by atoms with E-state index in [4.69, 9.17) is 4.42 Å². The third kappa shape index (κ3) is 2.88. The van der Waals surface area contributed by atoms with Crippen molar-refractivity contribution in [1.29, 1.82) is 0 Å². The van der Waals surface area contributed by atoms with Crippen LogP contribution in [0.15, 0.2) is 27.4 Å². The summed E-state index contributed by atoms with van der Waals surface area (Å²) in [6.45, 7) is -0.500. The summed E-state index contributed by atoms with van der Waals surface area (Å²) >= 11 is 0. The summed E-state index contributed by atoms with van der Waals surface area (Å²) in [5.74, 6) is -1.61. The number of nitro benzene ring substituents is 1. The van der Waals surface area contributed by atoms with E-state index in [9.17, 15) is 24.5 Å². The quantitative estimate of drug-likeness (QED) is 0.602. The van der Waals surface area contributed by atoms with E-state index in [2.05, 4.69) is 5.32 Å². The zero-order valence-electron chi connectivity index (χ0n) is 10.8. The number of oxazole rings is 1. The van der Waals surface area contributed by atoms with Gasteiger partial charge in [0.15, 0.2) is 5.58 Å². The van der Waals surface area contributed by atoms with Gasteiger partial charge in [0.2, 0.25) is 5.91 Å². The van der Waals surface area contributed by atoms with Gasteiger partial charge in [0.1, 0.15) is 6.54 Å². The molecule has 0 saturated heterocycles. The van der Waals surface area contributed by atoms with E-state index in [0.29, 0.717) is 0 Å². The van der Waals surface area contributed by atoms with Gasteiger partial charge in [0.05, 0.1) is 10.4 Å². The fraction of sp³-hybridized carbons (Fsp3) is 0.182. The number of non-ortho nitro benzene ring substituents is 1. The average Bonchev–Trinajstić information content (AvgIpc) is 2.74. The first-order valence-electron chi connectivity index (χ1n) is 5.71. The summed E-state index contributed by atoms with van der Waals surface area (Å²) in [6.07, 6.45) is 0. The number of nitrogens with one attached hydrogen (secondary N) is 2. The molecule has 3 amide bonds. The highest BCUT2D eigenvalue weighted by Crippen LogP contribution is 2.19. The van der Waals surface area contributed by atoms with Gasteiger partial charge in [0, 0.05) is 19.2 Å². The van der Waals surface area contributed by atoms with Crippen molar-refractivity contribution in [3.05, 3.63) is 38.9 Å². The molecule has 2 aromatic rings. The number of aromatic nitrogens is 1. The minimum Gasteiger partial charge on any atom is -0.408 e. The molecular weight excluding hydrogens is 284 g/mol. The highest BCUT2D eigenvalue weighted by Gasteiger charge is 2.17. The van der Waals surface area contributed by atoms with E-state index in [1.165, 1.54) is 19.2 Å². The number of imide groups is 1. The van der Waals surface area contributed by atoms with Crippen molar-refractivity contribution in [3.63, 3.8) is 0 Å². The predicted molar refractivity (Wildman–Crippen MR) is 69.7 cm³/mol. The Kier molecular flexibility index (Phi) is 3.69. The number of hydrogen-bond acceptors (Lipinski definition) is 6. The Labute approximate surface area is 116 Å². The van der Waals surface area contributed by atoms with Crippen LogP contribution >= 0.6 is 0 Å². The third-order valence-electron chi connectivity index (χ3n) is 2.64. The molecule has 0 radical (unpaired) electrons. The molecule has 21 heavy (non-hydrogen) atoms. The van der Waals surface area contributed by atoms with Gasteiger partial charge in [-0.1, -0.05) is 0 Å². The maximum atomic E-state index is 11.7. The van der Waals surface area contributed by atoms with Crippen LogP contribution in [0.25, 0.3) is 11.1 Å². The average molecular weight is 294 g/mol. The minimum absolute atomic E-state index is 0.0984. The van der Waals surface area contributed by atoms with Gasteiger partial charge in [-0.25, -0.2) is 9.59 Å². The summed E-state index contributed by atoms with van der Waals surface area (Å²) in [5.41, 5.74) is -0.0386. The van der Waals surface area contributed by atoms with Crippen molar-refractivity contribution < 1.29 is 18.9 Å². The SMILES string of the molecule is CNC(=O)NC(=O)Cn1c(=O)oc2ccc([N+](=O)[O-])cc21. The van der Waals surface area contributed by atoms with Gasteiger partial charge in [-0.2, -0.15) is 0 Å². The summed E-state index contributed by atoms with van der Waals surface area (Å²) in [6, 6.07) is 2.84. The Morgan fingerprint density at radius 1 is 1.43 bits per heavy atom. The number of hydrogen-bond donors (Lipinski definition) is 2. The summed E-state index contributed by atoms with van der Waals surface area (Å²) in [4.78, 5) is 44.3. The lowest BCUT2D eigenvalue weighted by atomic mass is 10.3. The van der Waals surface area contributed by atoms with Gasteiger partial charge in [-0.3, -0.25) is 24.8 Å². The van der Waals surface area contributed by atoms with Crippen LogP contribution in [0.2, 0.25) is 0 Å². The van der Waals surface area contributed by atoms with Crippen LogP contribution in [0.5, 0.6) is 0 Å². The van der Waals surface area contributed by atoms with Crippen LogP contribution in [0.1, 0.15) is 0 Å². The molecule has 0 fully saturated rings. The Balaban J connectivity index is 2.38. The van der Waals surface area contributed by atoms with Crippen molar-refractivity contribution in [2.45, 2.75) is 6.54 Å². The lowest BCUT2D eigenvalue weighted by molar-refractivity contribution is -0.384. The second-order valence-electron chi connectivity index (χ2n) is 3.99. The molecule has 0 saturated carbocycles. The molecule has 1 aromatic heterocycles. The van der Waals surface area contributed by atoms with E-state index >= 15 is 0 Å². The molecule has 0 bridgehead atoms. The highest BCUT2D eigenvalue weighted by atomic mass is 16.6. The predicted octanol–water partition coefficient (Wildman–Crippen LogP) is -0.0417. The van der Waals surface area contributed by atoms with Crippen molar-refractivity contribution in [2.75, 3.05) is 7.05 Å². The zero-order valence-corrected chi connectivity index (χ0v) is 10.8. The Hall–Kier alpha value is -3.17. The Bertz CT molecular complexity index is 790. The van der Waals surface area contributed by atoms with Gasteiger partial charge in [0.25, 0.3) is 5.69 Å². The lowest BCUT2D eigenvalue weighted by Gasteiger charge is -2.03. The van der Waals surface area contributed by atoms with Crippen molar-refractivity contribution in [1.82, 2.24) is 15.2 Å². The number of benzene rings is 1. The molecule has 2 N–H and O–H groups in total. The van der Waals surface area contributed by atoms with E-state index < -0.39 is 29.2 Å². The number of fused-ring (bicyclic) bond motifs is 1. The largest absolute Gasteiger partial charge is 0.420 e.